The summed E-state index contributed by atoms with van der Waals surface area (Å²) in [6.07, 6.45) is 2.23. The maximum atomic E-state index is 13.4. The molecule has 5 nitrogen and oxygen atoms in total. The van der Waals surface area contributed by atoms with Crippen molar-refractivity contribution in [2.75, 3.05) is 18.8 Å². The second-order valence-corrected chi connectivity index (χ2v) is 9.16. The van der Waals surface area contributed by atoms with Gasteiger partial charge in [-0.05, 0) is 56.4 Å². The third kappa shape index (κ3) is 4.15. The highest BCUT2D eigenvalue weighted by Gasteiger charge is 2.22. The summed E-state index contributed by atoms with van der Waals surface area (Å²) in [5.41, 5.74) is 3.51. The zero-order valence-electron chi connectivity index (χ0n) is 17.7. The first-order chi connectivity index (χ1) is 14.4. The number of nitrogens with zero attached hydrogens (tertiary/aromatic N) is 3. The van der Waals surface area contributed by atoms with E-state index in [2.05, 4.69) is 13.0 Å². The Morgan fingerprint density at radius 2 is 2.00 bits per heavy atom. The van der Waals surface area contributed by atoms with Gasteiger partial charge in [-0.3, -0.25) is 14.2 Å². The lowest BCUT2D eigenvalue weighted by Crippen LogP contribution is -2.40. The quantitative estimate of drug-likeness (QED) is 0.464. The van der Waals surface area contributed by atoms with E-state index in [0.29, 0.717) is 22.0 Å². The molecular weight excluding hydrogens is 394 g/mol. The topological polar surface area (TPSA) is 55.2 Å². The van der Waals surface area contributed by atoms with E-state index < -0.39 is 0 Å². The molecule has 1 fully saturated rings. The fourth-order valence-electron chi connectivity index (χ4n) is 4.11. The minimum absolute atomic E-state index is 0.103. The van der Waals surface area contributed by atoms with Crippen molar-refractivity contribution in [3.8, 4) is 5.69 Å². The van der Waals surface area contributed by atoms with E-state index in [-0.39, 0.29) is 17.2 Å². The normalized spacial score (nSPS) is 16.8. The third-order valence-corrected chi connectivity index (χ3v) is 6.60. The Labute approximate surface area is 181 Å². The molecule has 0 saturated carbocycles. The molecular formula is C24H27N3O2S. The maximum absolute atomic E-state index is 13.4. The van der Waals surface area contributed by atoms with Crippen LogP contribution in [0.4, 0.5) is 0 Å². The average molecular weight is 422 g/mol. The molecule has 30 heavy (non-hydrogen) atoms. The van der Waals surface area contributed by atoms with E-state index in [1.807, 2.05) is 49.1 Å². The van der Waals surface area contributed by atoms with E-state index in [0.717, 1.165) is 36.3 Å². The highest BCUT2D eigenvalue weighted by Crippen LogP contribution is 2.25. The lowest BCUT2D eigenvalue weighted by atomic mass is 10.0. The Morgan fingerprint density at radius 1 is 1.20 bits per heavy atom. The van der Waals surface area contributed by atoms with Crippen LogP contribution < -0.4 is 5.56 Å². The zero-order chi connectivity index (χ0) is 21.3. The van der Waals surface area contributed by atoms with E-state index in [4.69, 9.17) is 4.98 Å². The summed E-state index contributed by atoms with van der Waals surface area (Å²) in [5, 5.41) is 1.14. The van der Waals surface area contributed by atoms with Crippen molar-refractivity contribution in [2.45, 2.75) is 38.8 Å². The monoisotopic (exact) mass is 421 g/mol. The van der Waals surface area contributed by atoms with Gasteiger partial charge in [0.05, 0.1) is 22.3 Å². The first-order valence-electron chi connectivity index (χ1n) is 10.4. The molecule has 1 aliphatic rings. The number of hydrogen-bond donors (Lipinski definition) is 0. The number of para-hydroxylation sites is 1. The fraction of sp³-hybridized carbons (Fsp3) is 0.375. The van der Waals surface area contributed by atoms with Gasteiger partial charge in [-0.25, -0.2) is 4.98 Å². The van der Waals surface area contributed by atoms with Crippen molar-refractivity contribution in [1.82, 2.24) is 14.5 Å². The van der Waals surface area contributed by atoms with Gasteiger partial charge in [-0.15, -0.1) is 0 Å². The fourth-order valence-corrected chi connectivity index (χ4v) is 5.02. The zero-order valence-corrected chi connectivity index (χ0v) is 18.5. The Morgan fingerprint density at radius 3 is 2.77 bits per heavy atom. The summed E-state index contributed by atoms with van der Waals surface area (Å²) in [6.45, 7) is 7.85. The lowest BCUT2D eigenvalue weighted by Gasteiger charge is -2.30. The minimum atomic E-state index is -0.103. The van der Waals surface area contributed by atoms with Gasteiger partial charge in [-0.2, -0.15) is 0 Å². The molecule has 1 atom stereocenters. The Bertz CT molecular complexity index is 1150. The van der Waals surface area contributed by atoms with Gasteiger partial charge in [-0.1, -0.05) is 48.5 Å². The maximum Gasteiger partial charge on any atom is 0.266 e. The lowest BCUT2D eigenvalue weighted by molar-refractivity contribution is -0.130. The van der Waals surface area contributed by atoms with Crippen LogP contribution in [0.1, 0.15) is 30.9 Å². The van der Waals surface area contributed by atoms with Crippen LogP contribution >= 0.6 is 11.8 Å². The third-order valence-electron chi connectivity index (χ3n) is 5.67. The second kappa shape index (κ2) is 8.64. The number of aryl methyl sites for hydroxylation is 2. The molecule has 0 bridgehead atoms. The molecule has 6 heteroatoms. The number of piperidine rings is 1. The number of thioether (sulfide) groups is 1. The SMILES string of the molecule is Cc1ccc(-n2c(SCC(=O)N3CCC[C@@H](C)C3)nc3ccccc3c2=O)c(C)c1. The Hall–Kier alpha value is -2.60. The molecule has 0 N–H and O–H groups in total. The highest BCUT2D eigenvalue weighted by atomic mass is 32.2. The number of aromatic nitrogens is 2. The van der Waals surface area contributed by atoms with Crippen LogP contribution in [0.2, 0.25) is 0 Å². The summed E-state index contributed by atoms with van der Waals surface area (Å²) in [7, 11) is 0. The number of carbonyl (C=O) groups excluding carboxylic acids is 1. The van der Waals surface area contributed by atoms with Gasteiger partial charge >= 0.3 is 0 Å². The van der Waals surface area contributed by atoms with E-state index >= 15 is 0 Å². The van der Waals surface area contributed by atoms with Crippen molar-refractivity contribution in [1.29, 1.82) is 0 Å². The first kappa shape index (κ1) is 20.7. The number of rotatable bonds is 4. The van der Waals surface area contributed by atoms with Gasteiger partial charge in [0, 0.05) is 13.1 Å². The predicted octanol–water partition coefficient (Wildman–Crippen LogP) is 4.35. The van der Waals surface area contributed by atoms with Gasteiger partial charge in [0.2, 0.25) is 5.91 Å². The van der Waals surface area contributed by atoms with Crippen molar-refractivity contribution < 1.29 is 4.79 Å². The summed E-state index contributed by atoms with van der Waals surface area (Å²) < 4.78 is 1.66. The van der Waals surface area contributed by atoms with Crippen LogP contribution in [0, 0.1) is 19.8 Å². The van der Waals surface area contributed by atoms with Gasteiger partial charge in [0.1, 0.15) is 0 Å². The van der Waals surface area contributed by atoms with Crippen LogP contribution in [-0.2, 0) is 4.79 Å². The largest absolute Gasteiger partial charge is 0.342 e. The van der Waals surface area contributed by atoms with Gasteiger partial charge < -0.3 is 4.90 Å². The second-order valence-electron chi connectivity index (χ2n) is 8.22. The Kier molecular flexibility index (Phi) is 5.95. The Balaban J connectivity index is 1.72. The first-order valence-corrected chi connectivity index (χ1v) is 11.4. The molecule has 1 aromatic heterocycles. The summed E-state index contributed by atoms with van der Waals surface area (Å²) in [6, 6.07) is 13.4. The number of carbonyl (C=O) groups is 1. The number of amides is 1. The molecule has 4 rings (SSSR count). The van der Waals surface area contributed by atoms with E-state index in [1.165, 1.54) is 18.2 Å². The van der Waals surface area contributed by atoms with E-state index in [1.54, 1.807) is 10.6 Å². The smallest absolute Gasteiger partial charge is 0.266 e. The molecule has 0 aliphatic carbocycles. The standard InChI is InChI=1S/C24H27N3O2S/c1-16-10-11-21(18(3)13-16)27-23(29)19-8-4-5-9-20(19)25-24(27)30-15-22(28)26-12-6-7-17(2)14-26/h4-5,8-11,13,17H,6-7,12,14-15H2,1-3H3/t17-/m1/s1. The molecule has 0 spiro atoms. The summed E-state index contributed by atoms with van der Waals surface area (Å²) in [5.74, 6) is 0.934. The molecule has 2 aromatic carbocycles. The molecule has 156 valence electrons. The van der Waals surface area contributed by atoms with Crippen LogP contribution in [0.5, 0.6) is 0 Å². The van der Waals surface area contributed by atoms with Crippen molar-refractivity contribution in [3.63, 3.8) is 0 Å². The van der Waals surface area contributed by atoms with Crippen LogP contribution in [0.25, 0.3) is 16.6 Å². The molecule has 1 aliphatic heterocycles. The molecule has 3 aromatic rings. The minimum Gasteiger partial charge on any atom is -0.342 e. The average Bonchev–Trinajstić information content (AvgIpc) is 2.73. The predicted molar refractivity (Wildman–Crippen MR) is 123 cm³/mol. The van der Waals surface area contributed by atoms with Crippen LogP contribution in [-0.4, -0.2) is 39.2 Å². The van der Waals surface area contributed by atoms with Gasteiger partial charge in [0.25, 0.3) is 5.56 Å². The molecule has 0 radical (unpaired) electrons. The number of likely N-dealkylation sites (tertiary alicyclic amines) is 1. The molecule has 2 heterocycles. The van der Waals surface area contributed by atoms with Crippen molar-refractivity contribution >= 4 is 28.6 Å². The highest BCUT2D eigenvalue weighted by molar-refractivity contribution is 7.99. The molecule has 0 unspecified atom stereocenters. The van der Waals surface area contributed by atoms with Crippen molar-refractivity contribution in [3.05, 3.63) is 63.9 Å². The summed E-state index contributed by atoms with van der Waals surface area (Å²) >= 11 is 1.35. The number of benzene rings is 2. The summed E-state index contributed by atoms with van der Waals surface area (Å²) in [4.78, 5) is 32.9. The number of fused-ring (bicyclic) bond motifs is 1. The van der Waals surface area contributed by atoms with Crippen LogP contribution in [0.15, 0.2) is 52.4 Å². The number of hydrogen-bond acceptors (Lipinski definition) is 4. The van der Waals surface area contributed by atoms with E-state index in [9.17, 15) is 9.59 Å². The molecule has 1 amide bonds. The van der Waals surface area contributed by atoms with Crippen LogP contribution in [0.3, 0.4) is 0 Å². The van der Waals surface area contributed by atoms with Crippen molar-refractivity contribution in [2.24, 2.45) is 5.92 Å². The van der Waals surface area contributed by atoms with Gasteiger partial charge in [0.15, 0.2) is 5.16 Å². The molecule has 1 saturated heterocycles.